The summed E-state index contributed by atoms with van der Waals surface area (Å²) in [6.07, 6.45) is -0.954. The maximum absolute atomic E-state index is 10.4. The zero-order valence-electron chi connectivity index (χ0n) is 11.5. The molecule has 10 nitrogen and oxygen atoms in total. The number of amides is 1. The van der Waals surface area contributed by atoms with E-state index in [1.165, 1.54) is 0 Å². The van der Waals surface area contributed by atoms with Gasteiger partial charge in [0.05, 0.1) is 19.8 Å². The molecule has 0 aliphatic carbocycles. The highest BCUT2D eigenvalue weighted by atomic mass is 16.3. The van der Waals surface area contributed by atoms with E-state index in [0.29, 0.717) is 6.54 Å². The van der Waals surface area contributed by atoms with E-state index < -0.39 is 6.10 Å². The Bertz CT molecular complexity index is 259. The minimum absolute atomic E-state index is 0.0995. The zero-order chi connectivity index (χ0) is 16.6. The fourth-order valence-corrected chi connectivity index (χ4v) is 0.619. The van der Waals surface area contributed by atoms with Gasteiger partial charge < -0.3 is 30.4 Å². The molecule has 0 aromatic rings. The van der Waals surface area contributed by atoms with Crippen molar-refractivity contribution in [3.8, 4) is 0 Å². The van der Waals surface area contributed by atoms with E-state index in [9.17, 15) is 4.79 Å². The molecule has 1 fully saturated rings. The summed E-state index contributed by atoms with van der Waals surface area (Å²) in [6.45, 7) is 1.27. The van der Waals surface area contributed by atoms with Gasteiger partial charge in [-0.25, -0.2) is 0 Å². The quantitative estimate of drug-likeness (QED) is 0.264. The van der Waals surface area contributed by atoms with E-state index in [0.717, 1.165) is 0 Å². The molecule has 0 aromatic heterocycles. The molecule has 1 aliphatic rings. The Labute approximate surface area is 116 Å². The number of nitrogens with zero attached hydrogens (tertiary/aromatic N) is 1. The summed E-state index contributed by atoms with van der Waals surface area (Å²) in [5.41, 5.74) is 0. The zero-order valence-corrected chi connectivity index (χ0v) is 11.5. The first-order chi connectivity index (χ1) is 9.33. The van der Waals surface area contributed by atoms with Gasteiger partial charge in [0.2, 0.25) is 5.91 Å². The maximum Gasteiger partial charge on any atom is 0.290 e. The van der Waals surface area contributed by atoms with Crippen LogP contribution in [0.3, 0.4) is 0 Å². The first kappa shape index (κ1) is 23.4. The average molecular weight is 297 g/mol. The number of aliphatic hydroxyl groups excluding tert-OH is 4. The van der Waals surface area contributed by atoms with E-state index >= 15 is 0 Å². The summed E-state index contributed by atoms with van der Waals surface area (Å²) in [4.78, 5) is 20.3. The summed E-state index contributed by atoms with van der Waals surface area (Å²) in [7, 11) is 1.69. The van der Waals surface area contributed by atoms with Crippen LogP contribution in [-0.4, -0.2) is 88.3 Å². The lowest BCUT2D eigenvalue weighted by Crippen LogP contribution is -2.25. The molecule has 10 heteroatoms. The number of likely N-dealkylation sites (N-methyl/N-ethyl adjacent to an activating group) is 1. The van der Waals surface area contributed by atoms with Gasteiger partial charge in [0, 0.05) is 13.7 Å². The lowest BCUT2D eigenvalue weighted by Gasteiger charge is -2.03. The normalized spacial score (nSPS) is 12.2. The van der Waals surface area contributed by atoms with Crippen LogP contribution in [0.25, 0.3) is 0 Å². The number of carbonyl (C=O) groups is 2. The average Bonchev–Trinajstić information content (AvgIpc) is 2.68. The van der Waals surface area contributed by atoms with Gasteiger partial charge in [0.25, 0.3) is 6.47 Å². The molecular formula is C10H23N3O7. The molecule has 1 heterocycles. The Kier molecular flexibility index (Phi) is 20.1. The molecule has 1 saturated heterocycles. The molecule has 120 valence electrons. The van der Waals surface area contributed by atoms with Crippen LogP contribution in [0.5, 0.6) is 0 Å². The van der Waals surface area contributed by atoms with Gasteiger partial charge >= 0.3 is 0 Å². The van der Waals surface area contributed by atoms with Crippen LogP contribution in [0.15, 0.2) is 0 Å². The van der Waals surface area contributed by atoms with Crippen LogP contribution >= 0.6 is 0 Å². The molecule has 1 rings (SSSR count). The number of carboxylic acid groups (broad SMARTS) is 1. The minimum Gasteiger partial charge on any atom is -0.483 e. The highest BCUT2D eigenvalue weighted by Gasteiger charge is 2.18. The second-order valence-electron chi connectivity index (χ2n) is 3.19. The Morgan fingerprint density at radius 1 is 1.40 bits per heavy atom. The van der Waals surface area contributed by atoms with Crippen molar-refractivity contribution in [3.05, 3.63) is 0 Å². The number of hydrogen-bond donors (Lipinski definition) is 7. The Hall–Kier alpha value is -1.75. The van der Waals surface area contributed by atoms with Crippen molar-refractivity contribution in [1.82, 2.24) is 10.2 Å². The van der Waals surface area contributed by atoms with E-state index in [4.69, 9.17) is 35.7 Å². The Morgan fingerprint density at radius 2 is 1.75 bits per heavy atom. The van der Waals surface area contributed by atoms with Gasteiger partial charge in [-0.2, -0.15) is 0 Å². The molecule has 0 unspecified atom stereocenters. The van der Waals surface area contributed by atoms with E-state index in [2.05, 4.69) is 5.32 Å². The van der Waals surface area contributed by atoms with Gasteiger partial charge in [-0.1, -0.05) is 0 Å². The predicted octanol–water partition coefficient (Wildman–Crippen LogP) is -2.99. The van der Waals surface area contributed by atoms with Crippen molar-refractivity contribution < 1.29 is 35.1 Å². The number of guanidine groups is 1. The fraction of sp³-hybridized carbons (Fsp3) is 0.700. The minimum atomic E-state index is -0.954. The largest absolute Gasteiger partial charge is 0.483 e. The smallest absolute Gasteiger partial charge is 0.290 e. The third kappa shape index (κ3) is 18.6. The SMILES string of the molecule is CCO.CN1CC(=O)NC1=N.O=CO.OCC(O)CO. The number of rotatable bonds is 2. The first-order valence-electron chi connectivity index (χ1n) is 5.52. The van der Waals surface area contributed by atoms with Gasteiger partial charge in [-0.3, -0.25) is 20.3 Å². The van der Waals surface area contributed by atoms with Crippen molar-refractivity contribution in [2.24, 2.45) is 0 Å². The van der Waals surface area contributed by atoms with Crippen molar-refractivity contribution in [2.45, 2.75) is 13.0 Å². The highest BCUT2D eigenvalue weighted by molar-refractivity contribution is 6.02. The van der Waals surface area contributed by atoms with E-state index in [-0.39, 0.29) is 38.2 Å². The lowest BCUT2D eigenvalue weighted by molar-refractivity contribution is -0.123. The Balaban J connectivity index is -0.000000214. The van der Waals surface area contributed by atoms with Crippen molar-refractivity contribution >= 4 is 18.3 Å². The van der Waals surface area contributed by atoms with Gasteiger partial charge in [0.1, 0.15) is 6.10 Å². The second-order valence-corrected chi connectivity index (χ2v) is 3.19. The van der Waals surface area contributed by atoms with Crippen LogP contribution in [-0.2, 0) is 9.59 Å². The molecule has 1 amide bonds. The third-order valence-electron chi connectivity index (χ3n) is 1.44. The standard InChI is InChI=1S/C4H7N3O.C3H8O3.C2H6O.CH2O2/c1-7-2-3(8)6-4(7)5;4-1-3(6)2-5;1-2-3;2-1-3/h2H2,1H3,(H2,5,6,8);3-6H,1-2H2;3H,2H2,1H3;1H,(H,2,3). The summed E-state index contributed by atoms with van der Waals surface area (Å²) in [5.74, 6) is 0.0903. The van der Waals surface area contributed by atoms with Crippen LogP contribution in [0, 0.1) is 5.41 Å². The molecule has 0 atom stereocenters. The van der Waals surface area contributed by atoms with Crippen LogP contribution in [0.2, 0.25) is 0 Å². The molecule has 0 bridgehead atoms. The van der Waals surface area contributed by atoms with Crippen LogP contribution in [0.1, 0.15) is 6.92 Å². The fourth-order valence-electron chi connectivity index (χ4n) is 0.619. The lowest BCUT2D eigenvalue weighted by atomic mass is 10.4. The van der Waals surface area contributed by atoms with Gasteiger partial charge in [-0.15, -0.1) is 0 Å². The predicted molar refractivity (Wildman–Crippen MR) is 70.1 cm³/mol. The topological polar surface area (TPSA) is 174 Å². The number of aliphatic hydroxyl groups is 4. The summed E-state index contributed by atoms with van der Waals surface area (Å²) in [5, 5.41) is 47.8. The Morgan fingerprint density at radius 3 is 1.80 bits per heavy atom. The van der Waals surface area contributed by atoms with Crippen LogP contribution in [0.4, 0.5) is 0 Å². The molecule has 20 heavy (non-hydrogen) atoms. The molecule has 1 aliphatic heterocycles. The van der Waals surface area contributed by atoms with Crippen molar-refractivity contribution in [2.75, 3.05) is 33.4 Å². The van der Waals surface area contributed by atoms with E-state index in [1.54, 1.807) is 18.9 Å². The highest BCUT2D eigenvalue weighted by Crippen LogP contribution is 1.89. The second kappa shape index (κ2) is 17.2. The molecule has 7 N–H and O–H groups in total. The van der Waals surface area contributed by atoms with Gasteiger partial charge in [-0.05, 0) is 6.92 Å². The molecule has 0 spiro atoms. The monoisotopic (exact) mass is 297 g/mol. The summed E-state index contributed by atoms with van der Waals surface area (Å²) in [6, 6.07) is 0. The first-order valence-corrected chi connectivity index (χ1v) is 5.52. The van der Waals surface area contributed by atoms with Crippen molar-refractivity contribution in [3.63, 3.8) is 0 Å². The van der Waals surface area contributed by atoms with Crippen LogP contribution < -0.4 is 5.32 Å². The number of hydrogen-bond acceptors (Lipinski definition) is 7. The van der Waals surface area contributed by atoms with E-state index in [1.807, 2.05) is 0 Å². The van der Waals surface area contributed by atoms with Crippen molar-refractivity contribution in [1.29, 1.82) is 5.41 Å². The number of nitrogens with one attached hydrogen (secondary N) is 2. The molecule has 0 radical (unpaired) electrons. The summed E-state index contributed by atoms with van der Waals surface area (Å²) >= 11 is 0. The maximum atomic E-state index is 10.4. The third-order valence-corrected chi connectivity index (χ3v) is 1.44. The summed E-state index contributed by atoms with van der Waals surface area (Å²) < 4.78 is 0. The van der Waals surface area contributed by atoms with Gasteiger partial charge in [0.15, 0.2) is 5.96 Å². The number of carbonyl (C=O) groups excluding carboxylic acids is 1. The molecule has 0 saturated carbocycles. The molecule has 0 aromatic carbocycles. The molecular weight excluding hydrogens is 274 g/mol.